The molecule has 0 unspecified atom stereocenters. The molecule has 1 N–H and O–H groups in total. The monoisotopic (exact) mass is 393 g/mol. The predicted octanol–water partition coefficient (Wildman–Crippen LogP) is 4.59. The Kier molecular flexibility index (Phi) is 6.58. The number of halogens is 1. The van der Waals surface area contributed by atoms with Crippen molar-refractivity contribution < 1.29 is 23.5 Å². The number of hydrogen-bond acceptors (Lipinski definition) is 4. The van der Waals surface area contributed by atoms with E-state index >= 15 is 0 Å². The first-order valence-electron chi connectivity index (χ1n) is 9.05. The summed E-state index contributed by atoms with van der Waals surface area (Å²) < 4.78 is 24.0. The number of rotatable bonds is 7. The van der Waals surface area contributed by atoms with Crippen LogP contribution in [0.2, 0.25) is 0 Å². The number of hydrogen-bond donors (Lipinski definition) is 1. The number of anilines is 1. The van der Waals surface area contributed by atoms with Gasteiger partial charge in [-0.15, -0.1) is 0 Å². The first kappa shape index (κ1) is 20.1. The van der Waals surface area contributed by atoms with Gasteiger partial charge in [0.2, 0.25) is 0 Å². The normalized spacial score (nSPS) is 11.4. The lowest BCUT2D eigenvalue weighted by Gasteiger charge is -2.14. The van der Waals surface area contributed by atoms with Crippen LogP contribution in [0.4, 0.5) is 10.1 Å². The van der Waals surface area contributed by atoms with Gasteiger partial charge in [0.25, 0.3) is 5.91 Å². The SMILES string of the molecule is C[C@H](OC(=O)c1cccc(F)c1)C(=O)Nc1ccc(OCc2ccccc2)cc1. The summed E-state index contributed by atoms with van der Waals surface area (Å²) >= 11 is 0. The van der Waals surface area contributed by atoms with Gasteiger partial charge in [0.15, 0.2) is 6.10 Å². The first-order valence-corrected chi connectivity index (χ1v) is 9.05. The molecule has 29 heavy (non-hydrogen) atoms. The molecule has 1 atom stereocenters. The molecule has 0 saturated heterocycles. The maximum Gasteiger partial charge on any atom is 0.339 e. The van der Waals surface area contributed by atoms with Gasteiger partial charge in [-0.3, -0.25) is 4.79 Å². The molecule has 0 aromatic heterocycles. The van der Waals surface area contributed by atoms with E-state index in [1.54, 1.807) is 24.3 Å². The zero-order valence-electron chi connectivity index (χ0n) is 15.8. The van der Waals surface area contributed by atoms with Gasteiger partial charge in [0, 0.05) is 5.69 Å². The second-order valence-corrected chi connectivity index (χ2v) is 6.35. The molecule has 0 spiro atoms. The third kappa shape index (κ3) is 5.90. The number of carbonyl (C=O) groups excluding carboxylic acids is 2. The fraction of sp³-hybridized carbons (Fsp3) is 0.130. The number of carbonyl (C=O) groups is 2. The van der Waals surface area contributed by atoms with Crippen LogP contribution in [0, 0.1) is 5.82 Å². The molecule has 3 aromatic carbocycles. The van der Waals surface area contributed by atoms with Gasteiger partial charge in [-0.05, 0) is 55.0 Å². The maximum atomic E-state index is 13.2. The quantitative estimate of drug-likeness (QED) is 0.597. The predicted molar refractivity (Wildman–Crippen MR) is 107 cm³/mol. The van der Waals surface area contributed by atoms with Crippen LogP contribution in [0.15, 0.2) is 78.9 Å². The molecule has 5 nitrogen and oxygen atoms in total. The zero-order chi connectivity index (χ0) is 20.6. The Morgan fingerprint density at radius 3 is 2.38 bits per heavy atom. The van der Waals surface area contributed by atoms with E-state index in [0.717, 1.165) is 11.6 Å². The fourth-order valence-corrected chi connectivity index (χ4v) is 2.52. The highest BCUT2D eigenvalue weighted by Crippen LogP contribution is 2.18. The number of benzene rings is 3. The van der Waals surface area contributed by atoms with Crippen LogP contribution in [-0.2, 0) is 16.1 Å². The lowest BCUT2D eigenvalue weighted by Crippen LogP contribution is -2.30. The van der Waals surface area contributed by atoms with Crippen molar-refractivity contribution in [2.75, 3.05) is 5.32 Å². The molecule has 3 rings (SSSR count). The number of amides is 1. The summed E-state index contributed by atoms with van der Waals surface area (Å²) in [4.78, 5) is 24.3. The van der Waals surface area contributed by atoms with Crippen LogP contribution in [0.25, 0.3) is 0 Å². The van der Waals surface area contributed by atoms with Crippen molar-refractivity contribution in [3.8, 4) is 5.75 Å². The van der Waals surface area contributed by atoms with Gasteiger partial charge in [0.1, 0.15) is 18.2 Å². The lowest BCUT2D eigenvalue weighted by molar-refractivity contribution is -0.123. The molecule has 0 aliphatic carbocycles. The van der Waals surface area contributed by atoms with Crippen LogP contribution in [-0.4, -0.2) is 18.0 Å². The summed E-state index contributed by atoms with van der Waals surface area (Å²) in [7, 11) is 0. The third-order valence-corrected chi connectivity index (χ3v) is 4.08. The summed E-state index contributed by atoms with van der Waals surface area (Å²) in [6.07, 6.45) is -1.04. The van der Waals surface area contributed by atoms with Gasteiger partial charge in [0.05, 0.1) is 5.56 Å². The zero-order valence-corrected chi connectivity index (χ0v) is 15.8. The van der Waals surface area contributed by atoms with Crippen LogP contribution in [0.5, 0.6) is 5.75 Å². The van der Waals surface area contributed by atoms with Gasteiger partial charge in [-0.2, -0.15) is 0 Å². The summed E-state index contributed by atoms with van der Waals surface area (Å²) in [6.45, 7) is 1.89. The van der Waals surface area contributed by atoms with Crippen molar-refractivity contribution in [2.45, 2.75) is 19.6 Å². The Hall–Kier alpha value is -3.67. The van der Waals surface area contributed by atoms with Gasteiger partial charge >= 0.3 is 5.97 Å². The molecule has 0 bridgehead atoms. The summed E-state index contributed by atoms with van der Waals surface area (Å²) in [6, 6.07) is 21.7. The Balaban J connectivity index is 1.51. The molecule has 0 aliphatic rings. The highest BCUT2D eigenvalue weighted by atomic mass is 19.1. The molecular weight excluding hydrogens is 373 g/mol. The van der Waals surface area contributed by atoms with E-state index in [0.29, 0.717) is 18.0 Å². The van der Waals surface area contributed by atoms with Crippen LogP contribution < -0.4 is 10.1 Å². The van der Waals surface area contributed by atoms with Gasteiger partial charge < -0.3 is 14.8 Å². The smallest absolute Gasteiger partial charge is 0.339 e. The van der Waals surface area contributed by atoms with E-state index in [2.05, 4.69) is 5.32 Å². The van der Waals surface area contributed by atoms with Crippen molar-refractivity contribution in [3.05, 3.63) is 95.8 Å². The number of ether oxygens (including phenoxy) is 2. The standard InChI is InChI=1S/C23H20FNO4/c1-16(29-23(27)18-8-5-9-19(24)14-18)22(26)25-20-10-12-21(13-11-20)28-15-17-6-3-2-4-7-17/h2-14,16H,15H2,1H3,(H,25,26)/t16-/m0/s1. The second kappa shape index (κ2) is 9.50. The van der Waals surface area contributed by atoms with E-state index in [4.69, 9.17) is 9.47 Å². The summed E-state index contributed by atoms with van der Waals surface area (Å²) in [5.41, 5.74) is 1.64. The third-order valence-electron chi connectivity index (χ3n) is 4.08. The maximum absolute atomic E-state index is 13.2. The second-order valence-electron chi connectivity index (χ2n) is 6.35. The Morgan fingerprint density at radius 2 is 1.69 bits per heavy atom. The molecule has 0 saturated carbocycles. The summed E-state index contributed by atoms with van der Waals surface area (Å²) in [5.74, 6) is -1.15. The largest absolute Gasteiger partial charge is 0.489 e. The van der Waals surface area contributed by atoms with Gasteiger partial charge in [-0.1, -0.05) is 36.4 Å². The van der Waals surface area contributed by atoms with Crippen LogP contribution >= 0.6 is 0 Å². The Morgan fingerprint density at radius 1 is 0.966 bits per heavy atom. The molecule has 1 amide bonds. The number of nitrogens with one attached hydrogen (secondary N) is 1. The Labute approximate surface area is 168 Å². The summed E-state index contributed by atoms with van der Waals surface area (Å²) in [5, 5.41) is 2.67. The molecular formula is C23H20FNO4. The van der Waals surface area contributed by atoms with E-state index < -0.39 is 23.8 Å². The van der Waals surface area contributed by atoms with Crippen molar-refractivity contribution in [2.24, 2.45) is 0 Å². The average molecular weight is 393 g/mol. The van der Waals surface area contributed by atoms with E-state index in [-0.39, 0.29) is 5.56 Å². The highest BCUT2D eigenvalue weighted by Gasteiger charge is 2.19. The minimum absolute atomic E-state index is 0.0459. The van der Waals surface area contributed by atoms with Crippen molar-refractivity contribution in [1.82, 2.24) is 0 Å². The van der Waals surface area contributed by atoms with Crippen molar-refractivity contribution in [1.29, 1.82) is 0 Å². The Bertz CT molecular complexity index is 974. The highest BCUT2D eigenvalue weighted by molar-refractivity contribution is 5.97. The van der Waals surface area contributed by atoms with Crippen molar-refractivity contribution in [3.63, 3.8) is 0 Å². The molecule has 3 aromatic rings. The van der Waals surface area contributed by atoms with Crippen LogP contribution in [0.1, 0.15) is 22.8 Å². The van der Waals surface area contributed by atoms with Gasteiger partial charge in [-0.25, -0.2) is 9.18 Å². The lowest BCUT2D eigenvalue weighted by atomic mass is 10.2. The topological polar surface area (TPSA) is 64.6 Å². The minimum atomic E-state index is -1.04. The van der Waals surface area contributed by atoms with E-state index in [1.807, 2.05) is 30.3 Å². The first-order chi connectivity index (χ1) is 14.0. The molecule has 0 fully saturated rings. The molecule has 0 aliphatic heterocycles. The molecule has 6 heteroatoms. The van der Waals surface area contributed by atoms with E-state index in [9.17, 15) is 14.0 Å². The molecule has 0 heterocycles. The average Bonchev–Trinajstić information content (AvgIpc) is 2.74. The molecule has 0 radical (unpaired) electrons. The van der Waals surface area contributed by atoms with Crippen LogP contribution in [0.3, 0.4) is 0 Å². The fourth-order valence-electron chi connectivity index (χ4n) is 2.52. The van der Waals surface area contributed by atoms with Crippen molar-refractivity contribution >= 4 is 17.6 Å². The minimum Gasteiger partial charge on any atom is -0.489 e. The number of esters is 1. The molecule has 148 valence electrons. The van der Waals surface area contributed by atoms with E-state index in [1.165, 1.54) is 25.1 Å².